The molecule has 0 N–H and O–H groups in total. The summed E-state index contributed by atoms with van der Waals surface area (Å²) in [7, 11) is -3.73. The minimum Gasteiger partial charge on any atom is -0.472 e. The van der Waals surface area contributed by atoms with E-state index in [0.717, 1.165) is 5.56 Å². The van der Waals surface area contributed by atoms with Crippen LogP contribution in [0.3, 0.4) is 0 Å². The Kier molecular flexibility index (Phi) is 4.62. The third kappa shape index (κ3) is 3.18. The lowest BCUT2D eigenvalue weighted by Gasteiger charge is -2.20. The van der Waals surface area contributed by atoms with Crippen molar-refractivity contribution in [2.75, 3.05) is 6.54 Å². The highest BCUT2D eigenvalue weighted by Crippen LogP contribution is 2.25. The highest BCUT2D eigenvalue weighted by atomic mass is 32.2. The number of hydrogen-bond acceptors (Lipinski definition) is 5. The number of rotatable bonds is 6. The van der Waals surface area contributed by atoms with Crippen molar-refractivity contribution in [2.45, 2.75) is 25.3 Å². The van der Waals surface area contributed by atoms with Crippen molar-refractivity contribution < 1.29 is 17.8 Å². The number of nitrogens with zero attached hydrogens (tertiary/aromatic N) is 2. The van der Waals surface area contributed by atoms with Crippen LogP contribution in [0.1, 0.15) is 18.1 Å². The molecule has 0 aliphatic heterocycles. The van der Waals surface area contributed by atoms with Gasteiger partial charge in [0.2, 0.25) is 10.0 Å². The monoisotopic (exact) mass is 324 g/mol. The molecule has 1 aromatic heterocycles. The van der Waals surface area contributed by atoms with Gasteiger partial charge in [-0.3, -0.25) is 10.1 Å². The molecule has 2 aromatic rings. The molecule has 8 heteroatoms. The van der Waals surface area contributed by atoms with Gasteiger partial charge < -0.3 is 4.42 Å². The van der Waals surface area contributed by atoms with E-state index in [-0.39, 0.29) is 23.7 Å². The van der Waals surface area contributed by atoms with E-state index < -0.39 is 14.9 Å². The molecule has 0 aliphatic carbocycles. The Hall–Kier alpha value is -2.19. The summed E-state index contributed by atoms with van der Waals surface area (Å²) < 4.78 is 31.7. The van der Waals surface area contributed by atoms with Crippen molar-refractivity contribution in [1.82, 2.24) is 4.31 Å². The molecular weight excluding hydrogens is 308 g/mol. The summed E-state index contributed by atoms with van der Waals surface area (Å²) in [6, 6.07) is 5.44. The quantitative estimate of drug-likeness (QED) is 0.601. The molecule has 0 unspecified atom stereocenters. The van der Waals surface area contributed by atoms with Crippen LogP contribution < -0.4 is 0 Å². The molecule has 0 spiro atoms. The van der Waals surface area contributed by atoms with E-state index in [1.807, 2.05) is 0 Å². The van der Waals surface area contributed by atoms with E-state index in [1.54, 1.807) is 19.9 Å². The van der Waals surface area contributed by atoms with Crippen LogP contribution in [-0.4, -0.2) is 24.2 Å². The summed E-state index contributed by atoms with van der Waals surface area (Å²) >= 11 is 0. The fraction of sp³-hybridized carbons (Fsp3) is 0.286. The molecule has 1 heterocycles. The maximum atomic E-state index is 12.7. The fourth-order valence-electron chi connectivity index (χ4n) is 2.13. The van der Waals surface area contributed by atoms with Crippen molar-refractivity contribution >= 4 is 15.7 Å². The topological polar surface area (TPSA) is 93.7 Å². The molecule has 0 saturated heterocycles. The Labute approximate surface area is 128 Å². The van der Waals surface area contributed by atoms with Crippen LogP contribution in [0.25, 0.3) is 0 Å². The second-order valence-corrected chi connectivity index (χ2v) is 6.68. The Morgan fingerprint density at radius 1 is 1.32 bits per heavy atom. The third-order valence-electron chi connectivity index (χ3n) is 3.28. The van der Waals surface area contributed by atoms with Gasteiger partial charge in [0.25, 0.3) is 5.69 Å². The SMILES string of the molecule is CCN(Cc1ccoc1)S(=O)(=O)c1ccc([N+](=O)[O-])cc1C. The molecule has 0 saturated carbocycles. The van der Waals surface area contributed by atoms with Gasteiger partial charge in [0.05, 0.1) is 22.3 Å². The molecule has 0 aliphatic rings. The van der Waals surface area contributed by atoms with Gasteiger partial charge in [-0.15, -0.1) is 0 Å². The van der Waals surface area contributed by atoms with Crippen LogP contribution in [-0.2, 0) is 16.6 Å². The predicted molar refractivity (Wildman–Crippen MR) is 79.8 cm³/mol. The lowest BCUT2D eigenvalue weighted by Crippen LogP contribution is -2.30. The van der Waals surface area contributed by atoms with E-state index >= 15 is 0 Å². The van der Waals surface area contributed by atoms with Crippen LogP contribution in [0.4, 0.5) is 5.69 Å². The summed E-state index contributed by atoms with van der Waals surface area (Å²) in [5, 5.41) is 10.8. The maximum Gasteiger partial charge on any atom is 0.269 e. The molecule has 7 nitrogen and oxygen atoms in total. The Morgan fingerprint density at radius 3 is 2.55 bits per heavy atom. The number of nitro groups is 1. The van der Waals surface area contributed by atoms with E-state index in [9.17, 15) is 18.5 Å². The first-order valence-electron chi connectivity index (χ1n) is 6.62. The van der Waals surface area contributed by atoms with Gasteiger partial charge >= 0.3 is 0 Å². The van der Waals surface area contributed by atoms with Crippen molar-refractivity contribution in [1.29, 1.82) is 0 Å². The lowest BCUT2D eigenvalue weighted by atomic mass is 10.2. The normalized spacial score (nSPS) is 11.8. The Bertz CT molecular complexity index is 769. The van der Waals surface area contributed by atoms with Crippen LogP contribution in [0.15, 0.2) is 46.1 Å². The number of benzene rings is 1. The summed E-state index contributed by atoms with van der Waals surface area (Å²) in [5.41, 5.74) is 0.958. The average molecular weight is 324 g/mol. The van der Waals surface area contributed by atoms with E-state index in [2.05, 4.69) is 0 Å². The van der Waals surface area contributed by atoms with Crippen LogP contribution in [0.2, 0.25) is 0 Å². The van der Waals surface area contributed by atoms with Gasteiger partial charge in [0.1, 0.15) is 0 Å². The lowest BCUT2D eigenvalue weighted by molar-refractivity contribution is -0.385. The molecule has 1 aromatic carbocycles. The third-order valence-corrected chi connectivity index (χ3v) is 5.36. The number of furan rings is 1. The van der Waals surface area contributed by atoms with Crippen molar-refractivity contribution in [3.8, 4) is 0 Å². The zero-order valence-corrected chi connectivity index (χ0v) is 13.0. The summed E-state index contributed by atoms with van der Waals surface area (Å²) in [6.45, 7) is 3.75. The van der Waals surface area contributed by atoms with Gasteiger partial charge in [-0.25, -0.2) is 8.42 Å². The number of nitro benzene ring substituents is 1. The van der Waals surface area contributed by atoms with Crippen LogP contribution in [0, 0.1) is 17.0 Å². The van der Waals surface area contributed by atoms with Gasteiger partial charge in [-0.05, 0) is 24.6 Å². The standard InChI is InChI=1S/C14H16N2O5S/c1-3-15(9-12-6-7-21-10-12)22(19,20)14-5-4-13(16(17)18)8-11(14)2/h4-8,10H,3,9H2,1-2H3. The average Bonchev–Trinajstić information content (AvgIpc) is 2.97. The number of non-ortho nitro benzene ring substituents is 1. The van der Waals surface area contributed by atoms with Gasteiger partial charge in [0, 0.05) is 30.8 Å². The first-order chi connectivity index (χ1) is 10.4. The molecule has 0 atom stereocenters. The number of aryl methyl sites for hydroxylation is 1. The molecular formula is C14H16N2O5S. The second-order valence-electron chi connectivity index (χ2n) is 4.77. The first kappa shape index (κ1) is 16.2. The van der Waals surface area contributed by atoms with Crippen LogP contribution >= 0.6 is 0 Å². The van der Waals surface area contributed by atoms with Crippen LogP contribution in [0.5, 0.6) is 0 Å². The van der Waals surface area contributed by atoms with Crippen molar-refractivity contribution in [3.63, 3.8) is 0 Å². The minimum atomic E-state index is -3.73. The molecule has 2 rings (SSSR count). The molecule has 22 heavy (non-hydrogen) atoms. The predicted octanol–water partition coefficient (Wildman–Crippen LogP) is 2.71. The number of hydrogen-bond donors (Lipinski definition) is 0. The molecule has 0 bridgehead atoms. The Balaban J connectivity index is 2.37. The van der Waals surface area contributed by atoms with Crippen molar-refractivity contribution in [2.24, 2.45) is 0 Å². The largest absolute Gasteiger partial charge is 0.472 e. The molecule has 0 radical (unpaired) electrons. The fourth-order valence-corrected chi connectivity index (χ4v) is 3.77. The van der Waals surface area contributed by atoms with E-state index in [1.165, 1.54) is 35.0 Å². The Morgan fingerprint density at radius 2 is 2.05 bits per heavy atom. The molecule has 0 amide bonds. The first-order valence-corrected chi connectivity index (χ1v) is 8.06. The zero-order chi connectivity index (χ0) is 16.3. The maximum absolute atomic E-state index is 12.7. The van der Waals surface area contributed by atoms with E-state index in [4.69, 9.17) is 4.42 Å². The minimum absolute atomic E-state index is 0.0726. The zero-order valence-electron chi connectivity index (χ0n) is 12.2. The molecule has 118 valence electrons. The highest BCUT2D eigenvalue weighted by Gasteiger charge is 2.26. The highest BCUT2D eigenvalue weighted by molar-refractivity contribution is 7.89. The number of sulfonamides is 1. The summed E-state index contributed by atoms with van der Waals surface area (Å²) in [4.78, 5) is 10.3. The summed E-state index contributed by atoms with van der Waals surface area (Å²) in [5.74, 6) is 0. The van der Waals surface area contributed by atoms with Crippen molar-refractivity contribution in [3.05, 3.63) is 58.0 Å². The molecule has 0 fully saturated rings. The van der Waals surface area contributed by atoms with Gasteiger partial charge in [0.15, 0.2) is 0 Å². The van der Waals surface area contributed by atoms with E-state index in [0.29, 0.717) is 5.56 Å². The van der Waals surface area contributed by atoms with Gasteiger partial charge in [-0.1, -0.05) is 6.92 Å². The summed E-state index contributed by atoms with van der Waals surface area (Å²) in [6.07, 6.45) is 2.97. The smallest absolute Gasteiger partial charge is 0.269 e. The second kappa shape index (κ2) is 6.29. The van der Waals surface area contributed by atoms with Gasteiger partial charge in [-0.2, -0.15) is 4.31 Å².